The zero-order valence-corrected chi connectivity index (χ0v) is 24.0. The summed E-state index contributed by atoms with van der Waals surface area (Å²) in [5.41, 5.74) is 5.54. The molecule has 0 spiro atoms. The summed E-state index contributed by atoms with van der Waals surface area (Å²) in [4.78, 5) is 62.8. The van der Waals surface area contributed by atoms with Gasteiger partial charge < -0.3 is 31.2 Å². The van der Waals surface area contributed by atoms with E-state index in [2.05, 4.69) is 16.0 Å². The van der Waals surface area contributed by atoms with Crippen molar-refractivity contribution in [1.82, 2.24) is 16.0 Å². The molecule has 1 aromatic carbocycles. The number of alkyl carbamates (subject to hydrolysis) is 1. The summed E-state index contributed by atoms with van der Waals surface area (Å²) in [6.07, 6.45) is -0.379. The number of carbonyl (C=O) groups is 5. The fraction of sp³-hybridized carbons (Fsp3) is 0.607. The Morgan fingerprint density at radius 3 is 2.00 bits per heavy atom. The van der Waals surface area contributed by atoms with Gasteiger partial charge in [0.25, 0.3) is 0 Å². The molecular formula is C28H44N4O7. The maximum atomic E-state index is 13.2. The van der Waals surface area contributed by atoms with Crippen molar-refractivity contribution in [3.05, 3.63) is 35.9 Å². The van der Waals surface area contributed by atoms with Crippen LogP contribution in [0, 0.1) is 11.8 Å². The number of primary amides is 1. The number of amides is 4. The van der Waals surface area contributed by atoms with E-state index in [4.69, 9.17) is 15.2 Å². The van der Waals surface area contributed by atoms with E-state index in [1.165, 1.54) is 0 Å². The molecule has 0 aromatic heterocycles. The van der Waals surface area contributed by atoms with Gasteiger partial charge in [0, 0.05) is 6.42 Å². The van der Waals surface area contributed by atoms with Crippen molar-refractivity contribution >= 4 is 29.8 Å². The van der Waals surface area contributed by atoms with E-state index in [0.717, 1.165) is 5.56 Å². The van der Waals surface area contributed by atoms with E-state index < -0.39 is 53.5 Å². The number of hydrogen-bond acceptors (Lipinski definition) is 7. The molecule has 1 rings (SSSR count). The number of hydrogen-bond donors (Lipinski definition) is 4. The Morgan fingerprint density at radius 1 is 0.897 bits per heavy atom. The summed E-state index contributed by atoms with van der Waals surface area (Å²) >= 11 is 0. The van der Waals surface area contributed by atoms with E-state index >= 15 is 0 Å². The maximum Gasteiger partial charge on any atom is 0.408 e. The van der Waals surface area contributed by atoms with Gasteiger partial charge in [-0.05, 0) is 44.6 Å². The Morgan fingerprint density at radius 2 is 1.49 bits per heavy atom. The molecule has 0 saturated heterocycles. The first-order chi connectivity index (χ1) is 18.1. The van der Waals surface area contributed by atoms with Crippen molar-refractivity contribution in [2.45, 2.75) is 98.1 Å². The lowest BCUT2D eigenvalue weighted by atomic mass is 9.96. The Balaban J connectivity index is 2.82. The molecule has 0 saturated carbocycles. The lowest BCUT2D eigenvalue weighted by molar-refractivity contribution is -0.145. The van der Waals surface area contributed by atoms with Gasteiger partial charge in [-0.15, -0.1) is 0 Å². The second kappa shape index (κ2) is 15.7. The van der Waals surface area contributed by atoms with Crippen LogP contribution in [0.3, 0.4) is 0 Å². The highest BCUT2D eigenvalue weighted by molar-refractivity contribution is 5.94. The molecule has 0 aliphatic heterocycles. The standard InChI is InChI=1S/C28H44N4O7/c1-8-18(4)23(32-27(37)39-28(5,6)7)26(36)31-22(17(2)3)25(35)30-20(24(29)34)14-15-21(33)38-16-19-12-10-9-11-13-19/h9-13,17-18,20,22-23H,8,14-16H2,1-7H3,(H2,29,34)(H,30,35)(H,31,36)(H,32,37). The molecule has 0 aliphatic rings. The molecule has 1 aromatic rings. The van der Waals surface area contributed by atoms with Crippen LogP contribution in [0.25, 0.3) is 0 Å². The average Bonchev–Trinajstić information content (AvgIpc) is 2.85. The molecule has 0 heterocycles. The zero-order chi connectivity index (χ0) is 29.8. The Bertz CT molecular complexity index is 976. The number of ether oxygens (including phenoxy) is 2. The molecule has 4 unspecified atom stereocenters. The number of benzene rings is 1. The van der Waals surface area contributed by atoms with Crippen LogP contribution in [0.5, 0.6) is 0 Å². The second-order valence-electron chi connectivity index (χ2n) is 10.9. The number of esters is 1. The lowest BCUT2D eigenvalue weighted by Crippen LogP contribution is -2.59. The monoisotopic (exact) mass is 548 g/mol. The Kier molecular flexibility index (Phi) is 13.4. The van der Waals surface area contributed by atoms with E-state index in [1.54, 1.807) is 41.5 Å². The van der Waals surface area contributed by atoms with Gasteiger partial charge in [0.1, 0.15) is 30.3 Å². The number of nitrogens with two attached hydrogens (primary N) is 1. The number of carbonyl (C=O) groups excluding carboxylic acids is 5. The van der Waals surface area contributed by atoms with Crippen LogP contribution in [0.1, 0.15) is 73.3 Å². The summed E-state index contributed by atoms with van der Waals surface area (Å²) in [6.45, 7) is 12.3. The predicted octanol–water partition coefficient (Wildman–Crippen LogP) is 2.56. The first-order valence-electron chi connectivity index (χ1n) is 13.2. The molecule has 0 aliphatic carbocycles. The van der Waals surface area contributed by atoms with Crippen LogP contribution in [-0.2, 0) is 35.3 Å². The van der Waals surface area contributed by atoms with Crippen molar-refractivity contribution in [2.75, 3.05) is 0 Å². The van der Waals surface area contributed by atoms with Gasteiger partial charge in [0.05, 0.1) is 0 Å². The summed E-state index contributed by atoms with van der Waals surface area (Å²) in [6, 6.07) is 5.99. The molecular weight excluding hydrogens is 504 g/mol. The predicted molar refractivity (Wildman–Crippen MR) is 146 cm³/mol. The van der Waals surface area contributed by atoms with Gasteiger partial charge in [0.15, 0.2) is 0 Å². The molecule has 0 fully saturated rings. The van der Waals surface area contributed by atoms with Crippen molar-refractivity contribution in [3.63, 3.8) is 0 Å². The third kappa shape index (κ3) is 12.6. The molecule has 0 bridgehead atoms. The molecule has 4 atom stereocenters. The second-order valence-corrected chi connectivity index (χ2v) is 10.9. The Hall–Kier alpha value is -3.63. The van der Waals surface area contributed by atoms with Gasteiger partial charge in [-0.25, -0.2) is 4.79 Å². The van der Waals surface area contributed by atoms with Crippen LogP contribution < -0.4 is 21.7 Å². The zero-order valence-electron chi connectivity index (χ0n) is 24.0. The summed E-state index contributed by atoms with van der Waals surface area (Å²) in [5.74, 6) is -3.19. The van der Waals surface area contributed by atoms with Crippen molar-refractivity contribution in [2.24, 2.45) is 17.6 Å². The smallest absolute Gasteiger partial charge is 0.408 e. The van der Waals surface area contributed by atoms with Gasteiger partial charge in [0.2, 0.25) is 17.7 Å². The fourth-order valence-corrected chi connectivity index (χ4v) is 3.53. The van der Waals surface area contributed by atoms with Crippen molar-refractivity contribution in [3.8, 4) is 0 Å². The lowest BCUT2D eigenvalue weighted by Gasteiger charge is -2.29. The van der Waals surface area contributed by atoms with Gasteiger partial charge in [-0.3, -0.25) is 19.2 Å². The molecule has 218 valence electrons. The first kappa shape index (κ1) is 33.4. The third-order valence-corrected chi connectivity index (χ3v) is 5.95. The van der Waals surface area contributed by atoms with Crippen molar-refractivity contribution < 1.29 is 33.4 Å². The van der Waals surface area contributed by atoms with Crippen LogP contribution in [0.4, 0.5) is 4.79 Å². The highest BCUT2D eigenvalue weighted by atomic mass is 16.6. The normalized spacial score (nSPS) is 14.4. The Labute approximate surface area is 230 Å². The highest BCUT2D eigenvalue weighted by Gasteiger charge is 2.33. The fourth-order valence-electron chi connectivity index (χ4n) is 3.53. The van der Waals surface area contributed by atoms with Crippen molar-refractivity contribution in [1.29, 1.82) is 0 Å². The summed E-state index contributed by atoms with van der Waals surface area (Å²) < 4.78 is 10.5. The number of rotatable bonds is 14. The van der Waals surface area contributed by atoms with Gasteiger partial charge >= 0.3 is 12.1 Å². The molecule has 5 N–H and O–H groups in total. The minimum atomic E-state index is -1.15. The summed E-state index contributed by atoms with van der Waals surface area (Å²) in [5, 5.41) is 7.81. The van der Waals surface area contributed by atoms with E-state index in [-0.39, 0.29) is 31.3 Å². The van der Waals surface area contributed by atoms with Crippen LogP contribution in [0.15, 0.2) is 30.3 Å². The first-order valence-corrected chi connectivity index (χ1v) is 13.2. The van der Waals surface area contributed by atoms with E-state index in [1.807, 2.05) is 37.3 Å². The van der Waals surface area contributed by atoms with E-state index in [0.29, 0.717) is 6.42 Å². The highest BCUT2D eigenvalue weighted by Crippen LogP contribution is 2.13. The number of nitrogens with one attached hydrogen (secondary N) is 3. The minimum absolute atomic E-state index is 0.0663. The molecule has 11 nitrogen and oxygen atoms in total. The van der Waals surface area contributed by atoms with Crippen LogP contribution >= 0.6 is 0 Å². The molecule has 11 heteroatoms. The quantitative estimate of drug-likeness (QED) is 0.259. The van der Waals surface area contributed by atoms with Gasteiger partial charge in [-0.2, -0.15) is 0 Å². The average molecular weight is 549 g/mol. The van der Waals surface area contributed by atoms with Crippen LogP contribution in [0.2, 0.25) is 0 Å². The molecule has 39 heavy (non-hydrogen) atoms. The SMILES string of the molecule is CCC(C)C(NC(=O)OC(C)(C)C)C(=O)NC(C(=O)NC(CCC(=O)OCc1ccccc1)C(N)=O)C(C)C. The largest absolute Gasteiger partial charge is 0.461 e. The summed E-state index contributed by atoms with van der Waals surface area (Å²) in [7, 11) is 0. The topological polar surface area (TPSA) is 166 Å². The molecule has 4 amide bonds. The van der Waals surface area contributed by atoms with Crippen LogP contribution in [-0.4, -0.2) is 53.5 Å². The van der Waals surface area contributed by atoms with Gasteiger partial charge in [-0.1, -0.05) is 64.4 Å². The third-order valence-electron chi connectivity index (χ3n) is 5.95. The van der Waals surface area contributed by atoms with E-state index in [9.17, 15) is 24.0 Å². The maximum absolute atomic E-state index is 13.2. The molecule has 0 radical (unpaired) electrons. The minimum Gasteiger partial charge on any atom is -0.461 e.